The molecule has 2 rings (SSSR count). The largest absolute Gasteiger partial charge is 0.356 e. The summed E-state index contributed by atoms with van der Waals surface area (Å²) in [4.78, 5) is 13.4. The molecule has 1 aromatic heterocycles. The van der Waals surface area contributed by atoms with E-state index in [-0.39, 0.29) is 0 Å². The lowest BCUT2D eigenvalue weighted by atomic mass is 10.2. The Morgan fingerprint density at radius 1 is 0.909 bits per heavy atom. The van der Waals surface area contributed by atoms with Gasteiger partial charge in [-0.15, -0.1) is 0 Å². The van der Waals surface area contributed by atoms with Crippen LogP contribution in [0.4, 0.5) is 11.6 Å². The maximum Gasteiger partial charge on any atom is 0.134 e. The Morgan fingerprint density at radius 2 is 1.55 bits per heavy atom. The van der Waals surface area contributed by atoms with Gasteiger partial charge in [0.1, 0.15) is 18.0 Å². The second-order valence-electron chi connectivity index (χ2n) is 5.56. The van der Waals surface area contributed by atoms with Crippen LogP contribution < -0.4 is 9.80 Å². The molecular formula is C18H26N4. The fourth-order valence-corrected chi connectivity index (χ4v) is 2.54. The van der Waals surface area contributed by atoms with Gasteiger partial charge in [0, 0.05) is 32.7 Å². The van der Waals surface area contributed by atoms with Gasteiger partial charge in [-0.3, -0.25) is 0 Å². The molecule has 1 heterocycles. The quantitative estimate of drug-likeness (QED) is 0.743. The van der Waals surface area contributed by atoms with Crippen LogP contribution in [0.3, 0.4) is 0 Å². The molecule has 4 nitrogen and oxygen atoms in total. The van der Waals surface area contributed by atoms with Gasteiger partial charge in [0.15, 0.2) is 0 Å². The first-order chi connectivity index (χ1) is 10.7. The lowest BCUT2D eigenvalue weighted by Gasteiger charge is -2.24. The zero-order valence-electron chi connectivity index (χ0n) is 13.9. The molecule has 0 aliphatic heterocycles. The summed E-state index contributed by atoms with van der Waals surface area (Å²) in [6.07, 6.45) is 3.92. The molecule has 0 N–H and O–H groups in total. The molecule has 22 heavy (non-hydrogen) atoms. The molecule has 0 radical (unpaired) electrons. The fourth-order valence-electron chi connectivity index (χ4n) is 2.54. The average Bonchev–Trinajstić information content (AvgIpc) is 2.56. The molecule has 4 heteroatoms. The lowest BCUT2D eigenvalue weighted by molar-refractivity contribution is 0.731. The van der Waals surface area contributed by atoms with Crippen LogP contribution in [-0.4, -0.2) is 30.1 Å². The van der Waals surface area contributed by atoms with Crippen molar-refractivity contribution < 1.29 is 0 Å². The zero-order valence-corrected chi connectivity index (χ0v) is 13.9. The summed E-state index contributed by atoms with van der Waals surface area (Å²) >= 11 is 0. The minimum absolute atomic E-state index is 0.846. The van der Waals surface area contributed by atoms with Crippen molar-refractivity contribution in [3.63, 3.8) is 0 Å². The molecule has 0 bridgehead atoms. The van der Waals surface area contributed by atoms with Crippen molar-refractivity contribution in [2.75, 3.05) is 29.9 Å². The average molecular weight is 298 g/mol. The highest BCUT2D eigenvalue weighted by Crippen LogP contribution is 2.18. The second kappa shape index (κ2) is 8.37. The molecule has 118 valence electrons. The predicted octanol–water partition coefficient (Wildman–Crippen LogP) is 3.74. The molecule has 0 aliphatic rings. The van der Waals surface area contributed by atoms with E-state index in [0.29, 0.717) is 0 Å². The van der Waals surface area contributed by atoms with Gasteiger partial charge in [-0.25, -0.2) is 9.97 Å². The molecule has 0 amide bonds. The summed E-state index contributed by atoms with van der Waals surface area (Å²) in [6.45, 7) is 7.32. The number of hydrogen-bond donors (Lipinski definition) is 0. The van der Waals surface area contributed by atoms with E-state index in [0.717, 1.165) is 44.1 Å². The van der Waals surface area contributed by atoms with E-state index >= 15 is 0 Å². The van der Waals surface area contributed by atoms with Gasteiger partial charge in [-0.1, -0.05) is 44.2 Å². The van der Waals surface area contributed by atoms with E-state index in [4.69, 9.17) is 0 Å². The predicted molar refractivity (Wildman–Crippen MR) is 93.4 cm³/mol. The van der Waals surface area contributed by atoms with Crippen molar-refractivity contribution in [2.45, 2.75) is 33.2 Å². The van der Waals surface area contributed by atoms with Gasteiger partial charge in [-0.05, 0) is 18.4 Å². The number of hydrogen-bond acceptors (Lipinski definition) is 4. The minimum Gasteiger partial charge on any atom is -0.356 e. The summed E-state index contributed by atoms with van der Waals surface area (Å²) < 4.78 is 0. The Labute approximate surface area is 133 Å². The normalized spacial score (nSPS) is 10.5. The summed E-state index contributed by atoms with van der Waals surface area (Å²) in [5, 5.41) is 0. The van der Waals surface area contributed by atoms with E-state index in [1.165, 1.54) is 5.56 Å². The molecule has 0 unspecified atom stereocenters. The van der Waals surface area contributed by atoms with E-state index in [1.54, 1.807) is 6.33 Å². The van der Waals surface area contributed by atoms with Crippen LogP contribution in [0.2, 0.25) is 0 Å². The molecule has 1 aromatic carbocycles. The van der Waals surface area contributed by atoms with Crippen molar-refractivity contribution >= 4 is 11.6 Å². The van der Waals surface area contributed by atoms with E-state index in [1.807, 2.05) is 6.07 Å². The Bertz CT molecular complexity index is 550. The van der Waals surface area contributed by atoms with Gasteiger partial charge < -0.3 is 9.80 Å². The number of aromatic nitrogens is 2. The van der Waals surface area contributed by atoms with Crippen molar-refractivity contribution in [3.8, 4) is 0 Å². The third-order valence-electron chi connectivity index (χ3n) is 3.60. The van der Waals surface area contributed by atoms with Crippen molar-refractivity contribution in [1.29, 1.82) is 0 Å². The smallest absolute Gasteiger partial charge is 0.134 e. The van der Waals surface area contributed by atoms with Gasteiger partial charge >= 0.3 is 0 Å². The number of nitrogens with zero attached hydrogens (tertiary/aromatic N) is 4. The molecule has 0 fully saturated rings. The maximum absolute atomic E-state index is 4.45. The minimum atomic E-state index is 0.846. The van der Waals surface area contributed by atoms with Crippen LogP contribution in [0.1, 0.15) is 32.3 Å². The Kier molecular flexibility index (Phi) is 6.19. The summed E-state index contributed by atoms with van der Waals surface area (Å²) in [5.41, 5.74) is 1.28. The van der Waals surface area contributed by atoms with Crippen molar-refractivity contribution in [2.24, 2.45) is 0 Å². The van der Waals surface area contributed by atoms with Crippen LogP contribution in [-0.2, 0) is 6.54 Å². The van der Waals surface area contributed by atoms with Gasteiger partial charge in [-0.2, -0.15) is 0 Å². The van der Waals surface area contributed by atoms with Crippen LogP contribution in [0.25, 0.3) is 0 Å². The van der Waals surface area contributed by atoms with Crippen molar-refractivity contribution in [1.82, 2.24) is 9.97 Å². The topological polar surface area (TPSA) is 32.3 Å². The van der Waals surface area contributed by atoms with Crippen LogP contribution in [0.15, 0.2) is 42.7 Å². The van der Waals surface area contributed by atoms with Crippen molar-refractivity contribution in [3.05, 3.63) is 48.3 Å². The molecule has 2 aromatic rings. The molecule has 0 atom stereocenters. The second-order valence-corrected chi connectivity index (χ2v) is 5.56. The third kappa shape index (κ3) is 4.45. The van der Waals surface area contributed by atoms with Gasteiger partial charge in [0.2, 0.25) is 0 Å². The third-order valence-corrected chi connectivity index (χ3v) is 3.60. The Hall–Kier alpha value is -2.10. The summed E-state index contributed by atoms with van der Waals surface area (Å²) in [6, 6.07) is 12.5. The number of benzene rings is 1. The van der Waals surface area contributed by atoms with E-state index in [2.05, 4.69) is 71.0 Å². The zero-order chi connectivity index (χ0) is 15.8. The highest BCUT2D eigenvalue weighted by atomic mass is 15.2. The highest BCUT2D eigenvalue weighted by Gasteiger charge is 2.10. The first-order valence-corrected chi connectivity index (χ1v) is 8.06. The lowest BCUT2D eigenvalue weighted by Crippen LogP contribution is -2.26. The monoisotopic (exact) mass is 298 g/mol. The fraction of sp³-hybridized carbons (Fsp3) is 0.444. The molecule has 0 saturated carbocycles. The maximum atomic E-state index is 4.45. The summed E-state index contributed by atoms with van der Waals surface area (Å²) in [5.74, 6) is 1.99. The molecule has 0 spiro atoms. The van der Waals surface area contributed by atoms with Gasteiger partial charge in [0.25, 0.3) is 0 Å². The molecular weight excluding hydrogens is 272 g/mol. The molecule has 0 saturated heterocycles. The first-order valence-electron chi connectivity index (χ1n) is 8.06. The van der Waals surface area contributed by atoms with Gasteiger partial charge in [0.05, 0.1) is 0 Å². The first kappa shape index (κ1) is 16.3. The van der Waals surface area contributed by atoms with E-state index in [9.17, 15) is 0 Å². The van der Waals surface area contributed by atoms with E-state index < -0.39 is 0 Å². The number of anilines is 2. The van der Waals surface area contributed by atoms with Crippen LogP contribution in [0, 0.1) is 0 Å². The SMILES string of the molecule is CCCN(CCC)c1cc(N(C)Cc2ccccc2)ncn1. The number of rotatable bonds is 8. The standard InChI is InChI=1S/C18H26N4/c1-4-11-22(12-5-2)18-13-17(19-15-20-18)21(3)14-16-9-7-6-8-10-16/h6-10,13,15H,4-5,11-12,14H2,1-3H3. The Balaban J connectivity index is 2.12. The Morgan fingerprint density at radius 3 is 2.18 bits per heavy atom. The van der Waals surface area contributed by atoms with Crippen LogP contribution >= 0.6 is 0 Å². The summed E-state index contributed by atoms with van der Waals surface area (Å²) in [7, 11) is 2.07. The molecule has 0 aliphatic carbocycles. The van der Waals surface area contributed by atoms with Crippen LogP contribution in [0.5, 0.6) is 0 Å². The highest BCUT2D eigenvalue weighted by molar-refractivity contribution is 5.50.